The van der Waals surface area contributed by atoms with Gasteiger partial charge in [-0.3, -0.25) is 23.2 Å². The number of rotatable bonds is 15. The second-order valence-electron chi connectivity index (χ2n) is 13.1. The lowest BCUT2D eigenvalue weighted by atomic mass is 9.89. The number of ether oxygens (including phenoxy) is 1. The first-order valence-corrected chi connectivity index (χ1v) is 20.4. The topological polar surface area (TPSA) is 263 Å². The number of nitrogens with two attached hydrogens (primary N) is 1. The van der Waals surface area contributed by atoms with Crippen molar-refractivity contribution in [1.82, 2.24) is 14.9 Å². The van der Waals surface area contributed by atoms with Gasteiger partial charge in [-0.1, -0.05) is 59.2 Å². The van der Waals surface area contributed by atoms with E-state index in [1.807, 2.05) is 0 Å². The van der Waals surface area contributed by atoms with Gasteiger partial charge in [0.15, 0.2) is 0 Å². The van der Waals surface area contributed by atoms with Crippen molar-refractivity contribution < 1.29 is 52.6 Å². The Kier molecular flexibility index (Phi) is 13.4. The van der Waals surface area contributed by atoms with E-state index in [2.05, 4.69) is 10.3 Å². The highest BCUT2D eigenvalue weighted by molar-refractivity contribution is 7.47. The van der Waals surface area contributed by atoms with Crippen LogP contribution in [0, 0.1) is 0 Å². The molecule has 3 heterocycles. The summed E-state index contributed by atoms with van der Waals surface area (Å²) in [4.78, 5) is 64.4. The van der Waals surface area contributed by atoms with Gasteiger partial charge in [-0.25, -0.2) is 14.2 Å². The minimum absolute atomic E-state index is 0.00452. The normalized spacial score (nSPS) is 17.8. The van der Waals surface area contributed by atoms with Crippen LogP contribution in [-0.4, -0.2) is 73.6 Å². The number of fused-ring (bicyclic) bond motifs is 2. The molecule has 0 radical (unpaired) electrons. The van der Waals surface area contributed by atoms with Gasteiger partial charge in [0.05, 0.1) is 50.5 Å². The number of nitrogens with one attached hydrogen (secondary N) is 1. The van der Waals surface area contributed by atoms with Crippen molar-refractivity contribution in [3.63, 3.8) is 0 Å². The second kappa shape index (κ2) is 17.9. The number of phosphoric ester groups is 1. The van der Waals surface area contributed by atoms with Crippen LogP contribution >= 0.6 is 54.2 Å². The molecule has 1 fully saturated rings. The molecule has 7 N–H and O–H groups in total. The van der Waals surface area contributed by atoms with Crippen LogP contribution in [0.1, 0.15) is 59.0 Å². The van der Waals surface area contributed by atoms with Crippen molar-refractivity contribution in [1.29, 1.82) is 0 Å². The fourth-order valence-corrected chi connectivity index (χ4v) is 8.06. The number of amides is 1. The third-order valence-corrected chi connectivity index (χ3v) is 11.4. The molecular weight excluding hydrogens is 869 g/mol. The van der Waals surface area contributed by atoms with Crippen molar-refractivity contribution in [2.45, 2.75) is 50.5 Å². The maximum atomic E-state index is 13.5. The highest BCUT2D eigenvalue weighted by Crippen LogP contribution is 2.49. The summed E-state index contributed by atoms with van der Waals surface area (Å²) >= 11 is 25.8. The number of carboxylic acid groups (broad SMARTS) is 1. The Balaban J connectivity index is 1.05. The van der Waals surface area contributed by atoms with Crippen molar-refractivity contribution >= 4 is 82.9 Å². The number of unbranched alkanes of at least 4 members (excludes halogenated alkanes) is 3. The summed E-state index contributed by atoms with van der Waals surface area (Å²) in [6.45, 7) is -0.471. The number of hydrogen-bond donors (Lipinski definition) is 6. The van der Waals surface area contributed by atoms with Crippen molar-refractivity contribution in [2.24, 2.45) is 0 Å². The first-order chi connectivity index (χ1) is 27.5. The Morgan fingerprint density at radius 3 is 2.47 bits per heavy atom. The number of phenolic OH excluding ortho intramolecular Hbond substituents is 1. The molecule has 1 aromatic heterocycles. The summed E-state index contributed by atoms with van der Waals surface area (Å²) in [5, 5.41) is 32.8. The number of halogens is 4. The van der Waals surface area contributed by atoms with Crippen LogP contribution < -0.4 is 22.2 Å². The molecule has 3 aromatic rings. The SMILES string of the molecule is Nc1ccn([C@H]2C[C@@H](O)[C@@H](COP(=O)(O)OCCCCCCNC(=O)c3cc(Cl)c(C(=O)O)c(-c4c5cc(Cl)c(=O)cc-5oc5cc(O)c(Cl)cc45)c3Cl)O2)c(=O)n1. The van der Waals surface area contributed by atoms with E-state index >= 15 is 0 Å². The number of nitrogens with zero attached hydrogens (tertiary/aromatic N) is 2. The van der Waals surface area contributed by atoms with E-state index in [9.17, 15) is 44.0 Å². The zero-order valence-electron chi connectivity index (χ0n) is 29.8. The molecule has 308 valence electrons. The molecule has 4 atom stereocenters. The molecule has 1 aliphatic carbocycles. The largest absolute Gasteiger partial charge is 0.506 e. The van der Waals surface area contributed by atoms with E-state index in [4.69, 9.17) is 70.3 Å². The number of carbonyl (C=O) groups excluding carboxylic acids is 1. The number of carbonyl (C=O) groups is 2. The van der Waals surface area contributed by atoms with Crippen molar-refractivity contribution in [2.75, 3.05) is 25.5 Å². The predicted octanol–water partition coefficient (Wildman–Crippen LogP) is 6.49. The summed E-state index contributed by atoms with van der Waals surface area (Å²) in [6, 6.07) is 7.34. The quantitative estimate of drug-likeness (QED) is 0.0372. The standard InChI is InChI=1S/C36H33Cl4N4O13P/c37-19-9-16-25(12-22(19)45)56-26-13-23(46)20(38)10-17(26)30(16)32-31(35(49)50)21(39)11-18(33(32)40)34(48)42-6-3-1-2-4-8-54-58(52,53)55-15-27-24(47)14-29(57-27)44-7-5-28(41)43-36(44)51/h5,7,9-13,24,27,29,45,47H,1-4,6,8,14-15H2,(H,42,48)(H,49,50)(H,52,53)(H2,41,43,51)/t24-,27-,29-/m1/s1. The van der Waals surface area contributed by atoms with Crippen molar-refractivity contribution in [3.8, 4) is 28.2 Å². The molecule has 58 heavy (non-hydrogen) atoms. The van der Waals surface area contributed by atoms with Crippen LogP contribution in [0.3, 0.4) is 0 Å². The molecular formula is C36H33Cl4N4O13P. The number of phenols is 1. The average molecular weight is 902 g/mol. The van der Waals surface area contributed by atoms with Gasteiger partial charge < -0.3 is 40.4 Å². The highest BCUT2D eigenvalue weighted by Gasteiger charge is 2.38. The van der Waals surface area contributed by atoms with Gasteiger partial charge in [-0.2, -0.15) is 4.98 Å². The van der Waals surface area contributed by atoms with Gasteiger partial charge in [-0.05, 0) is 37.1 Å². The number of carboxylic acids is 1. The first kappa shape index (κ1) is 43.3. The van der Waals surface area contributed by atoms with Gasteiger partial charge in [-0.15, -0.1) is 0 Å². The number of aromatic hydroxyl groups is 1. The molecule has 1 saturated heterocycles. The second-order valence-corrected chi connectivity index (χ2v) is 16.1. The summed E-state index contributed by atoms with van der Waals surface area (Å²) in [5.74, 6) is -2.54. The van der Waals surface area contributed by atoms with Gasteiger partial charge >= 0.3 is 19.5 Å². The molecule has 2 aliphatic heterocycles. The lowest BCUT2D eigenvalue weighted by molar-refractivity contribution is -0.0464. The Bertz CT molecular complexity index is 2550. The maximum Gasteiger partial charge on any atom is 0.472 e. The molecule has 0 bridgehead atoms. The van der Waals surface area contributed by atoms with Gasteiger partial charge in [0.1, 0.15) is 35.2 Å². The summed E-state index contributed by atoms with van der Waals surface area (Å²) < 4.78 is 35.1. The van der Waals surface area contributed by atoms with Gasteiger partial charge in [0, 0.05) is 53.4 Å². The maximum absolute atomic E-state index is 13.5. The van der Waals surface area contributed by atoms with Crippen LogP contribution in [-0.2, 0) is 18.3 Å². The number of benzene rings is 3. The number of aromatic nitrogens is 2. The molecule has 2 aromatic carbocycles. The zero-order chi connectivity index (χ0) is 42.1. The van der Waals surface area contributed by atoms with Crippen LogP contribution in [0.4, 0.5) is 5.82 Å². The number of hydrogen-bond acceptors (Lipinski definition) is 13. The number of nitrogen functional groups attached to an aromatic ring is 1. The van der Waals surface area contributed by atoms with E-state index in [-0.39, 0.29) is 90.2 Å². The average Bonchev–Trinajstić information content (AvgIpc) is 3.52. The third kappa shape index (κ3) is 9.45. The summed E-state index contributed by atoms with van der Waals surface area (Å²) in [7, 11) is -4.52. The molecule has 0 saturated carbocycles. The summed E-state index contributed by atoms with van der Waals surface area (Å²) in [5.41, 5.74) is 3.62. The fourth-order valence-electron chi connectivity index (χ4n) is 6.35. The van der Waals surface area contributed by atoms with E-state index in [1.54, 1.807) is 0 Å². The Hall–Kier alpha value is -4.26. The lowest BCUT2D eigenvalue weighted by Crippen LogP contribution is -2.28. The molecule has 6 rings (SSSR count). The van der Waals surface area contributed by atoms with E-state index in [1.165, 1.54) is 30.5 Å². The van der Waals surface area contributed by atoms with Crippen LogP contribution in [0.2, 0.25) is 20.1 Å². The molecule has 17 nitrogen and oxygen atoms in total. The Morgan fingerprint density at radius 2 is 1.74 bits per heavy atom. The van der Waals surface area contributed by atoms with Gasteiger partial charge in [0.2, 0.25) is 5.43 Å². The Labute approximate surface area is 347 Å². The van der Waals surface area contributed by atoms with E-state index < -0.39 is 61.4 Å². The Morgan fingerprint density at radius 1 is 1.00 bits per heavy atom. The van der Waals surface area contributed by atoms with Crippen LogP contribution in [0.15, 0.2) is 56.6 Å². The molecule has 1 amide bonds. The molecule has 3 aliphatic rings. The number of aliphatic hydroxyl groups is 1. The zero-order valence-corrected chi connectivity index (χ0v) is 33.7. The molecule has 0 spiro atoms. The van der Waals surface area contributed by atoms with E-state index in [0.29, 0.717) is 25.7 Å². The highest BCUT2D eigenvalue weighted by atomic mass is 35.5. The summed E-state index contributed by atoms with van der Waals surface area (Å²) in [6.07, 6.45) is 0.287. The smallest absolute Gasteiger partial charge is 0.472 e. The van der Waals surface area contributed by atoms with Gasteiger partial charge in [0.25, 0.3) is 5.91 Å². The number of aliphatic hydroxyl groups excluding tert-OH is 1. The van der Waals surface area contributed by atoms with E-state index in [0.717, 1.165) is 16.7 Å². The number of aromatic carboxylic acids is 1. The lowest BCUT2D eigenvalue weighted by Gasteiger charge is -2.20. The number of anilines is 1. The number of phosphoric acid groups is 1. The molecule has 22 heteroatoms. The third-order valence-electron chi connectivity index (χ3n) is 9.15. The minimum atomic E-state index is -4.52. The molecule has 1 unspecified atom stereocenters. The van der Waals surface area contributed by atoms with Crippen LogP contribution in [0.5, 0.6) is 5.75 Å². The first-order valence-electron chi connectivity index (χ1n) is 17.4. The van der Waals surface area contributed by atoms with Crippen molar-refractivity contribution in [3.05, 3.63) is 94.5 Å². The minimum Gasteiger partial charge on any atom is -0.506 e. The monoisotopic (exact) mass is 900 g/mol. The predicted molar refractivity (Wildman–Crippen MR) is 213 cm³/mol. The van der Waals surface area contributed by atoms with Crippen LogP contribution in [0.25, 0.3) is 33.4 Å². The fraction of sp³-hybridized carbons (Fsp3) is 0.306.